The van der Waals surface area contributed by atoms with E-state index in [1.807, 2.05) is 0 Å². The molecule has 146 valence electrons. The molecule has 3 rings (SSSR count). The number of hydrogen-bond acceptors (Lipinski definition) is 3. The molecule has 0 bridgehead atoms. The van der Waals surface area contributed by atoms with Crippen LogP contribution in [0.3, 0.4) is 0 Å². The van der Waals surface area contributed by atoms with Crippen molar-refractivity contribution < 1.29 is 31.9 Å². The van der Waals surface area contributed by atoms with Crippen LogP contribution in [0.15, 0.2) is 42.5 Å². The molecule has 3 aromatic rings. The highest BCUT2D eigenvalue weighted by molar-refractivity contribution is 6.14. The third-order valence-corrected chi connectivity index (χ3v) is 3.93. The summed E-state index contributed by atoms with van der Waals surface area (Å²) in [6.07, 6.45) is -4.61. The number of amides is 1. The van der Waals surface area contributed by atoms with Crippen molar-refractivity contribution in [2.75, 3.05) is 11.9 Å². The maximum Gasteiger partial charge on any atom is 0.416 e. The van der Waals surface area contributed by atoms with Crippen molar-refractivity contribution in [3.63, 3.8) is 0 Å². The van der Waals surface area contributed by atoms with Gasteiger partial charge >= 0.3 is 12.1 Å². The average Bonchev–Trinajstić information content (AvgIpc) is 2.99. The zero-order valence-electron chi connectivity index (χ0n) is 14.5. The van der Waals surface area contributed by atoms with Crippen molar-refractivity contribution in [1.82, 2.24) is 4.98 Å². The molecule has 2 aromatic carbocycles. The van der Waals surface area contributed by atoms with Gasteiger partial charge in [-0.2, -0.15) is 13.2 Å². The number of rotatable bonds is 4. The molecule has 28 heavy (non-hydrogen) atoms. The molecule has 2 N–H and O–H groups in total. The van der Waals surface area contributed by atoms with Crippen molar-refractivity contribution in [3.8, 4) is 0 Å². The van der Waals surface area contributed by atoms with Gasteiger partial charge in [-0.3, -0.25) is 4.79 Å². The van der Waals surface area contributed by atoms with Gasteiger partial charge in [-0.05, 0) is 43.3 Å². The highest BCUT2D eigenvalue weighted by atomic mass is 19.4. The van der Waals surface area contributed by atoms with Gasteiger partial charge in [0.15, 0.2) is 0 Å². The van der Waals surface area contributed by atoms with Crippen LogP contribution in [0.2, 0.25) is 0 Å². The number of ether oxygens (including phenoxy) is 1. The molecule has 5 nitrogen and oxygen atoms in total. The van der Waals surface area contributed by atoms with Gasteiger partial charge in [0.05, 0.1) is 17.9 Å². The second kappa shape index (κ2) is 7.34. The van der Waals surface area contributed by atoms with Gasteiger partial charge in [0.25, 0.3) is 5.91 Å². The SMILES string of the molecule is CCOC(=O)c1[nH]c2ccc(F)cc2c1NC(=O)c1cccc(C(F)(F)F)c1. The fourth-order valence-corrected chi connectivity index (χ4v) is 2.67. The van der Waals surface area contributed by atoms with E-state index in [4.69, 9.17) is 4.74 Å². The first-order valence-corrected chi connectivity index (χ1v) is 8.17. The minimum Gasteiger partial charge on any atom is -0.461 e. The van der Waals surface area contributed by atoms with Crippen LogP contribution >= 0.6 is 0 Å². The molecule has 0 aliphatic heterocycles. The van der Waals surface area contributed by atoms with Crippen LogP contribution in [0.5, 0.6) is 0 Å². The Morgan fingerprint density at radius 3 is 2.57 bits per heavy atom. The van der Waals surface area contributed by atoms with E-state index in [1.165, 1.54) is 12.1 Å². The molecule has 1 heterocycles. The van der Waals surface area contributed by atoms with E-state index in [9.17, 15) is 27.2 Å². The molecule has 0 atom stereocenters. The number of carbonyl (C=O) groups is 2. The van der Waals surface area contributed by atoms with Gasteiger partial charge in [-0.25, -0.2) is 9.18 Å². The van der Waals surface area contributed by atoms with E-state index in [-0.39, 0.29) is 28.9 Å². The first-order valence-electron chi connectivity index (χ1n) is 8.17. The Kier molecular flexibility index (Phi) is 5.08. The summed E-state index contributed by atoms with van der Waals surface area (Å²) < 4.78 is 57.2. The number of carbonyl (C=O) groups excluding carboxylic acids is 2. The molecule has 0 unspecified atom stereocenters. The molecule has 0 radical (unpaired) electrons. The van der Waals surface area contributed by atoms with Crippen molar-refractivity contribution in [1.29, 1.82) is 0 Å². The summed E-state index contributed by atoms with van der Waals surface area (Å²) in [6.45, 7) is 1.64. The Balaban J connectivity index is 2.03. The quantitative estimate of drug-likeness (QED) is 0.495. The zero-order chi connectivity index (χ0) is 20.5. The fourth-order valence-electron chi connectivity index (χ4n) is 2.67. The third kappa shape index (κ3) is 3.83. The summed E-state index contributed by atoms with van der Waals surface area (Å²) in [5.74, 6) is -2.29. The molecule has 0 fully saturated rings. The third-order valence-electron chi connectivity index (χ3n) is 3.93. The Labute approximate surface area is 156 Å². The van der Waals surface area contributed by atoms with Gasteiger partial charge in [0, 0.05) is 16.5 Å². The molecule has 9 heteroatoms. The lowest BCUT2D eigenvalue weighted by atomic mass is 10.1. The molecule has 0 spiro atoms. The smallest absolute Gasteiger partial charge is 0.416 e. The summed E-state index contributed by atoms with van der Waals surface area (Å²) in [4.78, 5) is 27.4. The second-order valence-corrected chi connectivity index (χ2v) is 5.82. The lowest BCUT2D eigenvalue weighted by Gasteiger charge is -2.10. The van der Waals surface area contributed by atoms with E-state index in [1.54, 1.807) is 6.92 Å². The highest BCUT2D eigenvalue weighted by Crippen LogP contribution is 2.31. The summed E-state index contributed by atoms with van der Waals surface area (Å²) in [5, 5.41) is 2.57. The van der Waals surface area contributed by atoms with Gasteiger partial charge in [0.2, 0.25) is 0 Å². The predicted octanol–water partition coefficient (Wildman–Crippen LogP) is 4.75. The minimum absolute atomic E-state index is 0.0591. The van der Waals surface area contributed by atoms with Crippen molar-refractivity contribution in [3.05, 3.63) is 65.1 Å². The number of aromatic nitrogens is 1. The van der Waals surface area contributed by atoms with E-state index in [2.05, 4.69) is 10.3 Å². The zero-order valence-corrected chi connectivity index (χ0v) is 14.5. The number of esters is 1. The largest absolute Gasteiger partial charge is 0.461 e. The first kappa shape index (κ1) is 19.4. The number of benzene rings is 2. The maximum absolute atomic E-state index is 13.7. The molecule has 1 amide bonds. The first-order chi connectivity index (χ1) is 13.2. The number of nitrogens with one attached hydrogen (secondary N) is 2. The topological polar surface area (TPSA) is 71.2 Å². The normalized spacial score (nSPS) is 11.5. The van der Waals surface area contributed by atoms with E-state index in [0.29, 0.717) is 11.6 Å². The van der Waals surface area contributed by atoms with Crippen LogP contribution < -0.4 is 5.32 Å². The molecular formula is C19H14F4N2O3. The molecule has 0 saturated carbocycles. The van der Waals surface area contributed by atoms with Gasteiger partial charge in [0.1, 0.15) is 11.5 Å². The molecule has 1 aromatic heterocycles. The maximum atomic E-state index is 13.7. The summed E-state index contributed by atoms with van der Waals surface area (Å²) in [7, 11) is 0. The number of halogens is 4. The predicted molar refractivity (Wildman–Crippen MR) is 93.6 cm³/mol. The van der Waals surface area contributed by atoms with Gasteiger partial charge in [-0.15, -0.1) is 0 Å². The van der Waals surface area contributed by atoms with Crippen LogP contribution in [0.1, 0.15) is 33.3 Å². The van der Waals surface area contributed by atoms with Crippen LogP contribution in [0.25, 0.3) is 10.9 Å². The van der Waals surface area contributed by atoms with E-state index in [0.717, 1.165) is 24.3 Å². The Hall–Kier alpha value is -3.36. The van der Waals surface area contributed by atoms with Crippen molar-refractivity contribution in [2.24, 2.45) is 0 Å². The minimum atomic E-state index is -4.61. The van der Waals surface area contributed by atoms with Crippen LogP contribution in [0.4, 0.5) is 23.2 Å². The van der Waals surface area contributed by atoms with Gasteiger partial charge < -0.3 is 15.0 Å². The number of alkyl halides is 3. The number of aromatic amines is 1. The van der Waals surface area contributed by atoms with Crippen molar-refractivity contribution in [2.45, 2.75) is 13.1 Å². The summed E-state index contributed by atoms with van der Waals surface area (Å²) in [6, 6.07) is 7.44. The standard InChI is InChI=1S/C19H14F4N2O3/c1-2-28-18(27)16-15(13-9-12(20)6-7-14(13)24-16)25-17(26)10-4-3-5-11(8-10)19(21,22)23/h3-9,24H,2H2,1H3,(H,25,26). The molecule has 0 saturated heterocycles. The summed E-state index contributed by atoms with van der Waals surface area (Å²) >= 11 is 0. The number of fused-ring (bicyclic) bond motifs is 1. The van der Waals surface area contributed by atoms with Crippen LogP contribution in [0, 0.1) is 5.82 Å². The Bertz CT molecular complexity index is 1060. The van der Waals surface area contributed by atoms with Crippen molar-refractivity contribution >= 4 is 28.5 Å². The van der Waals surface area contributed by atoms with E-state index < -0.39 is 29.4 Å². The second-order valence-electron chi connectivity index (χ2n) is 5.82. The summed E-state index contributed by atoms with van der Waals surface area (Å²) in [5.41, 5.74) is -1.12. The number of anilines is 1. The number of hydrogen-bond donors (Lipinski definition) is 2. The molecule has 0 aliphatic rings. The molecular weight excluding hydrogens is 380 g/mol. The van der Waals surface area contributed by atoms with E-state index >= 15 is 0 Å². The van der Waals surface area contributed by atoms with Crippen LogP contribution in [-0.2, 0) is 10.9 Å². The van der Waals surface area contributed by atoms with Gasteiger partial charge in [-0.1, -0.05) is 6.07 Å². The highest BCUT2D eigenvalue weighted by Gasteiger charge is 2.31. The Morgan fingerprint density at radius 1 is 1.14 bits per heavy atom. The number of H-pyrrole nitrogens is 1. The van der Waals surface area contributed by atoms with Crippen LogP contribution in [-0.4, -0.2) is 23.5 Å². The fraction of sp³-hybridized carbons (Fsp3) is 0.158. The lowest BCUT2D eigenvalue weighted by Crippen LogP contribution is -2.16. The molecule has 0 aliphatic carbocycles. The Morgan fingerprint density at radius 2 is 1.89 bits per heavy atom. The lowest BCUT2D eigenvalue weighted by molar-refractivity contribution is -0.137. The average molecular weight is 394 g/mol. The monoisotopic (exact) mass is 394 g/mol.